The summed E-state index contributed by atoms with van der Waals surface area (Å²) in [6.07, 6.45) is -0.634. The first-order valence-corrected chi connectivity index (χ1v) is 5.20. The third-order valence-corrected chi connectivity index (χ3v) is 2.32. The maximum atomic E-state index is 11.5. The smallest absolute Gasteiger partial charge is 0.404 e. The number of esters is 1. The minimum atomic E-state index is -1.08. The molecule has 1 aromatic rings. The number of carboxylic acid groups (broad SMARTS) is 1. The Bertz CT molecular complexity index is 417. The van der Waals surface area contributed by atoms with Crippen molar-refractivity contribution in [1.29, 1.82) is 0 Å². The number of methoxy groups -OCH3 is 1. The van der Waals surface area contributed by atoms with Crippen LogP contribution < -0.4 is 5.32 Å². The molecule has 1 amide bonds. The number of nitrogens with one attached hydrogen (secondary N) is 1. The Morgan fingerprint density at radius 3 is 2.65 bits per heavy atom. The number of rotatable bonds is 4. The van der Waals surface area contributed by atoms with E-state index >= 15 is 0 Å². The molecule has 5 nitrogen and oxygen atoms in total. The van der Waals surface area contributed by atoms with E-state index in [0.29, 0.717) is 12.0 Å². The Morgan fingerprint density at radius 1 is 1.41 bits per heavy atom. The van der Waals surface area contributed by atoms with Crippen LogP contribution in [0.4, 0.5) is 4.79 Å². The summed E-state index contributed by atoms with van der Waals surface area (Å²) in [4.78, 5) is 22.0. The van der Waals surface area contributed by atoms with Crippen molar-refractivity contribution >= 4 is 12.1 Å². The van der Waals surface area contributed by atoms with Gasteiger partial charge in [0.2, 0.25) is 0 Å². The first-order chi connectivity index (χ1) is 8.04. The van der Waals surface area contributed by atoms with Gasteiger partial charge in [0.15, 0.2) is 0 Å². The maximum Gasteiger partial charge on any atom is 0.404 e. The van der Waals surface area contributed by atoms with E-state index in [-0.39, 0.29) is 6.04 Å². The summed E-state index contributed by atoms with van der Waals surface area (Å²) in [5.41, 5.74) is 1.23. The van der Waals surface area contributed by atoms with Crippen LogP contribution in [0, 0.1) is 0 Å². The molecule has 92 valence electrons. The fourth-order valence-electron chi connectivity index (χ4n) is 1.60. The normalized spacial score (nSPS) is 11.6. The van der Waals surface area contributed by atoms with Gasteiger partial charge in [0.1, 0.15) is 0 Å². The summed E-state index contributed by atoms with van der Waals surface area (Å²) < 4.78 is 4.66. The van der Waals surface area contributed by atoms with E-state index in [9.17, 15) is 9.59 Å². The zero-order valence-corrected chi connectivity index (χ0v) is 9.77. The Labute approximate surface area is 99.4 Å². The van der Waals surface area contributed by atoms with Crippen molar-refractivity contribution in [2.75, 3.05) is 7.11 Å². The van der Waals surface area contributed by atoms with Gasteiger partial charge in [0, 0.05) is 6.04 Å². The number of hydrogen-bond acceptors (Lipinski definition) is 3. The highest BCUT2D eigenvalue weighted by Crippen LogP contribution is 2.12. The second kappa shape index (κ2) is 5.89. The zero-order valence-electron chi connectivity index (χ0n) is 9.77. The number of benzene rings is 1. The van der Waals surface area contributed by atoms with Crippen molar-refractivity contribution in [2.24, 2.45) is 0 Å². The van der Waals surface area contributed by atoms with Crippen LogP contribution in [-0.2, 0) is 11.2 Å². The van der Waals surface area contributed by atoms with E-state index in [1.54, 1.807) is 31.2 Å². The summed E-state index contributed by atoms with van der Waals surface area (Å²) in [5.74, 6) is -0.414. The molecule has 0 aliphatic carbocycles. The van der Waals surface area contributed by atoms with E-state index in [0.717, 1.165) is 5.56 Å². The van der Waals surface area contributed by atoms with Gasteiger partial charge in [-0.3, -0.25) is 0 Å². The number of carbonyl (C=O) groups is 2. The average molecular weight is 237 g/mol. The van der Waals surface area contributed by atoms with E-state index in [1.807, 2.05) is 0 Å². The zero-order chi connectivity index (χ0) is 12.8. The van der Waals surface area contributed by atoms with Gasteiger partial charge in [-0.2, -0.15) is 0 Å². The standard InChI is InChI=1S/C12H15NO4/c1-8(13-12(15)16)7-9-5-3-4-6-10(9)11(14)17-2/h3-6,8,13H,7H2,1-2H3,(H,15,16)/t8-/m0/s1. The van der Waals surface area contributed by atoms with Crippen LogP contribution in [-0.4, -0.2) is 30.3 Å². The molecule has 0 spiro atoms. The molecule has 1 rings (SSSR count). The molecule has 0 radical (unpaired) electrons. The predicted molar refractivity (Wildman–Crippen MR) is 62.1 cm³/mol. The second-order valence-corrected chi connectivity index (χ2v) is 3.70. The van der Waals surface area contributed by atoms with Crippen LogP contribution in [0.25, 0.3) is 0 Å². The molecule has 1 atom stereocenters. The molecule has 0 aliphatic rings. The van der Waals surface area contributed by atoms with E-state index in [1.165, 1.54) is 7.11 Å². The van der Waals surface area contributed by atoms with Gasteiger partial charge < -0.3 is 15.2 Å². The van der Waals surface area contributed by atoms with Crippen LogP contribution in [0.3, 0.4) is 0 Å². The molecule has 0 unspecified atom stereocenters. The Balaban J connectivity index is 2.83. The molecule has 0 aromatic heterocycles. The lowest BCUT2D eigenvalue weighted by molar-refractivity contribution is 0.0599. The van der Waals surface area contributed by atoms with Crippen molar-refractivity contribution in [3.8, 4) is 0 Å². The third kappa shape index (κ3) is 3.79. The van der Waals surface area contributed by atoms with Crippen molar-refractivity contribution in [1.82, 2.24) is 5.32 Å². The molecule has 0 aliphatic heterocycles. The molecular weight excluding hydrogens is 222 g/mol. The number of carbonyl (C=O) groups excluding carboxylic acids is 1. The largest absolute Gasteiger partial charge is 0.465 e. The lowest BCUT2D eigenvalue weighted by Gasteiger charge is -2.13. The van der Waals surface area contributed by atoms with Gasteiger partial charge in [0.25, 0.3) is 0 Å². The SMILES string of the molecule is COC(=O)c1ccccc1C[C@H](C)NC(=O)O. The molecule has 0 fully saturated rings. The summed E-state index contributed by atoms with van der Waals surface area (Å²) in [6.45, 7) is 1.74. The summed E-state index contributed by atoms with van der Waals surface area (Å²) in [7, 11) is 1.32. The summed E-state index contributed by atoms with van der Waals surface area (Å²) >= 11 is 0. The van der Waals surface area contributed by atoms with Gasteiger partial charge in [-0.25, -0.2) is 9.59 Å². The molecule has 5 heteroatoms. The van der Waals surface area contributed by atoms with Gasteiger partial charge in [-0.1, -0.05) is 18.2 Å². The highest BCUT2D eigenvalue weighted by atomic mass is 16.5. The van der Waals surface area contributed by atoms with Gasteiger partial charge >= 0.3 is 12.1 Å². The molecule has 17 heavy (non-hydrogen) atoms. The molecule has 0 heterocycles. The number of ether oxygens (including phenoxy) is 1. The van der Waals surface area contributed by atoms with Crippen molar-refractivity contribution in [2.45, 2.75) is 19.4 Å². The fourth-order valence-corrected chi connectivity index (χ4v) is 1.60. The van der Waals surface area contributed by atoms with E-state index < -0.39 is 12.1 Å². The Kier molecular flexibility index (Phi) is 4.51. The monoisotopic (exact) mass is 237 g/mol. The van der Waals surface area contributed by atoms with Crippen molar-refractivity contribution < 1.29 is 19.4 Å². The van der Waals surface area contributed by atoms with Crippen LogP contribution in [0.15, 0.2) is 24.3 Å². The van der Waals surface area contributed by atoms with Gasteiger partial charge in [0.05, 0.1) is 12.7 Å². The van der Waals surface area contributed by atoms with Crippen LogP contribution in [0.2, 0.25) is 0 Å². The van der Waals surface area contributed by atoms with Crippen LogP contribution in [0.5, 0.6) is 0 Å². The highest BCUT2D eigenvalue weighted by molar-refractivity contribution is 5.91. The van der Waals surface area contributed by atoms with Crippen molar-refractivity contribution in [3.63, 3.8) is 0 Å². The highest BCUT2D eigenvalue weighted by Gasteiger charge is 2.14. The topological polar surface area (TPSA) is 75.6 Å². The maximum absolute atomic E-state index is 11.5. The lowest BCUT2D eigenvalue weighted by Crippen LogP contribution is -2.33. The second-order valence-electron chi connectivity index (χ2n) is 3.70. The first kappa shape index (κ1) is 13.0. The van der Waals surface area contributed by atoms with Crippen LogP contribution in [0.1, 0.15) is 22.8 Å². The fraction of sp³-hybridized carbons (Fsp3) is 0.333. The molecule has 2 N–H and O–H groups in total. The molecule has 0 saturated heterocycles. The Morgan fingerprint density at radius 2 is 2.06 bits per heavy atom. The average Bonchev–Trinajstić information content (AvgIpc) is 2.27. The van der Waals surface area contributed by atoms with Gasteiger partial charge in [-0.05, 0) is 25.0 Å². The van der Waals surface area contributed by atoms with Crippen molar-refractivity contribution in [3.05, 3.63) is 35.4 Å². The van der Waals surface area contributed by atoms with E-state index in [2.05, 4.69) is 10.1 Å². The lowest BCUT2D eigenvalue weighted by atomic mass is 10.0. The molecule has 0 saturated carbocycles. The number of amides is 1. The minimum absolute atomic E-state index is 0.265. The molecule has 0 bridgehead atoms. The third-order valence-electron chi connectivity index (χ3n) is 2.32. The summed E-state index contributed by atoms with van der Waals surface area (Å²) in [6, 6.07) is 6.72. The summed E-state index contributed by atoms with van der Waals surface area (Å²) in [5, 5.41) is 10.9. The van der Waals surface area contributed by atoms with E-state index in [4.69, 9.17) is 5.11 Å². The molecular formula is C12H15NO4. The first-order valence-electron chi connectivity index (χ1n) is 5.20. The quantitative estimate of drug-likeness (QED) is 0.781. The van der Waals surface area contributed by atoms with Crippen LogP contribution >= 0.6 is 0 Å². The predicted octanol–water partition coefficient (Wildman–Crippen LogP) is 1.67. The van der Waals surface area contributed by atoms with Gasteiger partial charge in [-0.15, -0.1) is 0 Å². The Hall–Kier alpha value is -2.04. The minimum Gasteiger partial charge on any atom is -0.465 e. The molecule has 1 aromatic carbocycles. The number of hydrogen-bond donors (Lipinski definition) is 2.